The van der Waals surface area contributed by atoms with Crippen LogP contribution in [0.25, 0.3) is 11.3 Å². The standard InChI is InChI=1S/C36H41Cl2FN6O3/c1-22(2)45-13-11-44(12-14-45)15-16-47-33-10-8-28(20-31(33)39)40-35-41-32(30-9-7-23(3)24(4)25(30)5)21-34(42-35)48-36(46)43(6)29-18-26(37)17-27(38)19-29/h7-10,17-22H,11-16H2,1-6H3,(H,40,41,42). The fourth-order valence-corrected chi connectivity index (χ4v) is 6.03. The van der Waals surface area contributed by atoms with E-state index in [1.807, 2.05) is 32.9 Å². The van der Waals surface area contributed by atoms with Gasteiger partial charge in [0.1, 0.15) is 6.61 Å². The van der Waals surface area contributed by atoms with E-state index in [1.165, 1.54) is 18.0 Å². The minimum atomic E-state index is -0.713. The van der Waals surface area contributed by atoms with Gasteiger partial charge in [-0.05, 0) is 81.6 Å². The highest BCUT2D eigenvalue weighted by molar-refractivity contribution is 6.35. The molecule has 1 aromatic heterocycles. The third-order valence-corrected chi connectivity index (χ3v) is 9.16. The summed E-state index contributed by atoms with van der Waals surface area (Å²) in [5.41, 5.74) is 5.51. The zero-order chi connectivity index (χ0) is 34.5. The fraction of sp³-hybridized carbons (Fsp3) is 0.361. The molecule has 0 aliphatic carbocycles. The number of anilines is 3. The summed E-state index contributed by atoms with van der Waals surface area (Å²) in [6.07, 6.45) is -0.713. The van der Waals surface area contributed by atoms with Crippen molar-refractivity contribution in [1.82, 2.24) is 19.8 Å². The molecule has 4 aromatic rings. The van der Waals surface area contributed by atoms with Gasteiger partial charge in [-0.25, -0.2) is 14.2 Å². The van der Waals surface area contributed by atoms with Gasteiger partial charge in [0.15, 0.2) is 11.6 Å². The van der Waals surface area contributed by atoms with Gasteiger partial charge in [0.25, 0.3) is 0 Å². The quantitative estimate of drug-likeness (QED) is 0.178. The van der Waals surface area contributed by atoms with Crippen molar-refractivity contribution in [2.75, 3.05) is 56.6 Å². The lowest BCUT2D eigenvalue weighted by Crippen LogP contribution is -2.49. The Labute approximate surface area is 291 Å². The Kier molecular flexibility index (Phi) is 11.4. The smallest absolute Gasteiger partial charge is 0.420 e. The predicted octanol–water partition coefficient (Wildman–Crippen LogP) is 8.30. The van der Waals surface area contributed by atoms with Gasteiger partial charge < -0.3 is 14.8 Å². The molecule has 1 N–H and O–H groups in total. The summed E-state index contributed by atoms with van der Waals surface area (Å²) >= 11 is 12.3. The van der Waals surface area contributed by atoms with Crippen LogP contribution in [0.4, 0.5) is 26.5 Å². The first kappa shape index (κ1) is 35.3. The zero-order valence-corrected chi connectivity index (χ0v) is 29.6. The lowest BCUT2D eigenvalue weighted by atomic mass is 9.97. The van der Waals surface area contributed by atoms with E-state index in [-0.39, 0.29) is 17.6 Å². The van der Waals surface area contributed by atoms with Gasteiger partial charge >= 0.3 is 6.09 Å². The van der Waals surface area contributed by atoms with Crippen LogP contribution in [0, 0.1) is 26.6 Å². The number of halogens is 3. The highest BCUT2D eigenvalue weighted by Gasteiger charge is 2.20. The van der Waals surface area contributed by atoms with E-state index in [9.17, 15) is 4.79 Å². The molecule has 12 heteroatoms. The van der Waals surface area contributed by atoms with Gasteiger partial charge in [-0.1, -0.05) is 35.3 Å². The van der Waals surface area contributed by atoms with Crippen LogP contribution in [0.3, 0.4) is 0 Å². The Morgan fingerprint density at radius 3 is 2.33 bits per heavy atom. The Balaban J connectivity index is 1.33. The van der Waals surface area contributed by atoms with Crippen LogP contribution in [-0.4, -0.2) is 78.3 Å². The van der Waals surface area contributed by atoms with Crippen LogP contribution in [0.15, 0.2) is 54.6 Å². The number of rotatable bonds is 10. The summed E-state index contributed by atoms with van der Waals surface area (Å²) in [5.74, 6) is -0.227. The summed E-state index contributed by atoms with van der Waals surface area (Å²) in [7, 11) is 1.54. The number of hydrogen-bond acceptors (Lipinski definition) is 8. The first-order valence-electron chi connectivity index (χ1n) is 15.9. The molecule has 0 unspecified atom stereocenters. The van der Waals surface area contributed by atoms with Gasteiger partial charge in [0, 0.05) is 84.9 Å². The first-order chi connectivity index (χ1) is 22.9. The van der Waals surface area contributed by atoms with Crippen LogP contribution in [0.1, 0.15) is 30.5 Å². The largest absolute Gasteiger partial charge is 0.489 e. The number of carbonyl (C=O) groups is 1. The van der Waals surface area contributed by atoms with Crippen molar-refractivity contribution in [3.8, 4) is 22.9 Å². The number of ether oxygens (including phenoxy) is 2. The summed E-state index contributed by atoms with van der Waals surface area (Å²) < 4.78 is 26.7. The summed E-state index contributed by atoms with van der Waals surface area (Å²) in [6.45, 7) is 15.6. The maximum absolute atomic E-state index is 15.2. The molecule has 9 nitrogen and oxygen atoms in total. The van der Waals surface area contributed by atoms with E-state index in [0.29, 0.717) is 39.8 Å². The van der Waals surface area contributed by atoms with Crippen molar-refractivity contribution in [1.29, 1.82) is 0 Å². The third-order valence-electron chi connectivity index (χ3n) is 8.73. The molecule has 5 rings (SSSR count). The van der Waals surface area contributed by atoms with E-state index < -0.39 is 11.9 Å². The minimum Gasteiger partial charge on any atom is -0.489 e. The van der Waals surface area contributed by atoms with Gasteiger partial charge in [-0.3, -0.25) is 14.7 Å². The van der Waals surface area contributed by atoms with Gasteiger partial charge in [-0.15, -0.1) is 0 Å². The molecule has 1 saturated heterocycles. The van der Waals surface area contributed by atoms with E-state index >= 15 is 4.39 Å². The number of carbonyl (C=O) groups excluding carboxylic acids is 1. The molecule has 1 fully saturated rings. The van der Waals surface area contributed by atoms with E-state index in [0.717, 1.165) is 55.0 Å². The first-order valence-corrected chi connectivity index (χ1v) is 16.7. The number of hydrogen-bond donors (Lipinski definition) is 1. The lowest BCUT2D eigenvalue weighted by Gasteiger charge is -2.36. The highest BCUT2D eigenvalue weighted by Crippen LogP contribution is 2.31. The van der Waals surface area contributed by atoms with Crippen molar-refractivity contribution < 1.29 is 18.7 Å². The minimum absolute atomic E-state index is 0.000226. The lowest BCUT2D eigenvalue weighted by molar-refractivity contribution is 0.0965. The number of nitrogens with one attached hydrogen (secondary N) is 1. The van der Waals surface area contributed by atoms with Crippen molar-refractivity contribution in [2.24, 2.45) is 0 Å². The Morgan fingerprint density at radius 1 is 0.958 bits per heavy atom. The Bertz CT molecular complexity index is 1760. The Hall–Kier alpha value is -3.96. The zero-order valence-electron chi connectivity index (χ0n) is 28.1. The van der Waals surface area contributed by atoms with Crippen LogP contribution >= 0.6 is 23.2 Å². The second kappa shape index (κ2) is 15.5. The topological polar surface area (TPSA) is 83.1 Å². The SMILES string of the molecule is Cc1ccc(-c2cc(OC(=O)N(C)c3cc(Cl)cc(Cl)c3)nc(Nc3ccc(OCCN4CCN(C(C)C)CC4)c(F)c3)n2)c(C)c1C. The molecule has 0 radical (unpaired) electrons. The molecule has 0 spiro atoms. The number of benzene rings is 3. The molecule has 2 heterocycles. The van der Waals surface area contributed by atoms with Crippen LogP contribution in [0.5, 0.6) is 11.6 Å². The number of aromatic nitrogens is 2. The molecule has 254 valence electrons. The molecule has 0 atom stereocenters. The molecular formula is C36H41Cl2FN6O3. The molecule has 0 bridgehead atoms. The molecule has 48 heavy (non-hydrogen) atoms. The van der Waals surface area contributed by atoms with Crippen LogP contribution < -0.4 is 19.7 Å². The third kappa shape index (κ3) is 8.73. The van der Waals surface area contributed by atoms with Gasteiger partial charge in [0.2, 0.25) is 11.8 Å². The average Bonchev–Trinajstić information content (AvgIpc) is 3.04. The van der Waals surface area contributed by atoms with E-state index in [4.69, 9.17) is 37.7 Å². The van der Waals surface area contributed by atoms with E-state index in [1.54, 1.807) is 36.4 Å². The van der Waals surface area contributed by atoms with Crippen molar-refractivity contribution in [3.05, 3.63) is 87.2 Å². The maximum Gasteiger partial charge on any atom is 0.420 e. The van der Waals surface area contributed by atoms with Crippen molar-refractivity contribution >= 4 is 46.6 Å². The van der Waals surface area contributed by atoms with Crippen molar-refractivity contribution in [2.45, 2.75) is 40.7 Å². The van der Waals surface area contributed by atoms with Gasteiger partial charge in [-0.2, -0.15) is 4.98 Å². The summed E-state index contributed by atoms with van der Waals surface area (Å²) in [4.78, 5) is 28.4. The Morgan fingerprint density at radius 2 is 1.67 bits per heavy atom. The summed E-state index contributed by atoms with van der Waals surface area (Å²) in [6, 6.07) is 15.5. The highest BCUT2D eigenvalue weighted by atomic mass is 35.5. The molecular weight excluding hydrogens is 654 g/mol. The molecule has 0 saturated carbocycles. The average molecular weight is 696 g/mol. The van der Waals surface area contributed by atoms with Crippen LogP contribution in [-0.2, 0) is 0 Å². The summed E-state index contributed by atoms with van der Waals surface area (Å²) in [5, 5.41) is 3.82. The second-order valence-electron chi connectivity index (χ2n) is 12.2. The second-order valence-corrected chi connectivity index (χ2v) is 13.1. The van der Waals surface area contributed by atoms with E-state index in [2.05, 4.69) is 33.9 Å². The normalized spacial score (nSPS) is 13.9. The predicted molar refractivity (Wildman–Crippen MR) is 191 cm³/mol. The maximum atomic E-state index is 15.2. The molecule has 3 aromatic carbocycles. The molecule has 1 aliphatic rings. The number of amides is 1. The number of nitrogens with zero attached hydrogens (tertiary/aromatic N) is 5. The monoisotopic (exact) mass is 694 g/mol. The van der Waals surface area contributed by atoms with Crippen LogP contribution in [0.2, 0.25) is 10.0 Å². The fourth-order valence-electron chi connectivity index (χ4n) is 5.51. The van der Waals surface area contributed by atoms with Crippen molar-refractivity contribution in [3.63, 3.8) is 0 Å². The molecule has 1 amide bonds. The van der Waals surface area contributed by atoms with Gasteiger partial charge in [0.05, 0.1) is 5.69 Å². The molecule has 1 aliphatic heterocycles. The number of aryl methyl sites for hydroxylation is 1. The number of piperazine rings is 1.